The first kappa shape index (κ1) is 23.5. The van der Waals surface area contributed by atoms with E-state index in [1.807, 2.05) is 23.9 Å². The van der Waals surface area contributed by atoms with E-state index in [1.54, 1.807) is 29.9 Å². The van der Waals surface area contributed by atoms with E-state index in [-0.39, 0.29) is 23.2 Å². The van der Waals surface area contributed by atoms with E-state index < -0.39 is 0 Å². The molecule has 0 saturated heterocycles. The SMILES string of the molecule is COc1ccc([C@@H]2c3sc(=O)n(CC(=O)Nc4ccc(Cl)c(Cl)c4)c3SC3C4CCC(C4)C32)cc1. The van der Waals surface area contributed by atoms with Gasteiger partial charge in [-0.25, -0.2) is 0 Å². The fourth-order valence-electron chi connectivity index (χ4n) is 6.19. The number of carbonyl (C=O) groups is 1. The molecule has 2 fully saturated rings. The van der Waals surface area contributed by atoms with Crippen molar-refractivity contribution in [2.24, 2.45) is 17.8 Å². The monoisotopic (exact) mass is 546 g/mol. The molecule has 2 heterocycles. The molecule has 5 nitrogen and oxygen atoms in total. The molecular weight excluding hydrogens is 523 g/mol. The van der Waals surface area contributed by atoms with E-state index in [9.17, 15) is 9.59 Å². The fraction of sp³-hybridized carbons (Fsp3) is 0.385. The van der Waals surface area contributed by atoms with Crippen LogP contribution in [0.1, 0.15) is 35.6 Å². The fourth-order valence-corrected chi connectivity index (χ4v) is 9.64. The normalized spacial score (nSPS) is 26.3. The topological polar surface area (TPSA) is 60.3 Å². The number of thioether (sulfide) groups is 1. The van der Waals surface area contributed by atoms with Crippen molar-refractivity contribution in [1.29, 1.82) is 0 Å². The number of fused-ring (bicyclic) bond motifs is 6. The van der Waals surface area contributed by atoms with Gasteiger partial charge in [0.05, 0.1) is 22.2 Å². The zero-order chi connectivity index (χ0) is 24.3. The molecule has 2 aliphatic carbocycles. The van der Waals surface area contributed by atoms with Gasteiger partial charge in [-0.1, -0.05) is 46.7 Å². The maximum atomic E-state index is 13.2. The lowest BCUT2D eigenvalue weighted by molar-refractivity contribution is -0.116. The second kappa shape index (κ2) is 9.18. The Kier molecular flexibility index (Phi) is 6.16. The molecule has 182 valence electrons. The van der Waals surface area contributed by atoms with Crippen LogP contribution in [0.25, 0.3) is 0 Å². The number of ether oxygens (including phenoxy) is 1. The van der Waals surface area contributed by atoms with Crippen molar-refractivity contribution >= 4 is 57.9 Å². The van der Waals surface area contributed by atoms with Gasteiger partial charge in [-0.05, 0) is 72.9 Å². The standard InChI is InChI=1S/C26H24Cl2N2O3S2/c1-33-17-7-4-13(5-8-17)21-22-14-2-3-15(10-14)23(22)34-25-24(21)35-26(32)30(25)12-20(31)29-16-6-9-18(27)19(28)11-16/h4-9,11,14-15,21-23H,2-3,10,12H2,1H3,(H,29,31)/t14?,15?,21-,22?,23?/m0/s1. The molecule has 0 spiro atoms. The Balaban J connectivity index is 1.35. The Morgan fingerprint density at radius 2 is 1.89 bits per heavy atom. The van der Waals surface area contributed by atoms with E-state index >= 15 is 0 Å². The minimum absolute atomic E-state index is 0.0290. The molecule has 4 unspecified atom stereocenters. The Morgan fingerprint density at radius 3 is 2.63 bits per heavy atom. The van der Waals surface area contributed by atoms with Crippen LogP contribution in [-0.4, -0.2) is 22.8 Å². The molecule has 6 rings (SSSR count). The largest absolute Gasteiger partial charge is 0.497 e. The Hall–Kier alpha value is -1.93. The molecule has 1 amide bonds. The van der Waals surface area contributed by atoms with Gasteiger partial charge in [-0.2, -0.15) is 0 Å². The lowest BCUT2D eigenvalue weighted by Crippen LogP contribution is -2.34. The van der Waals surface area contributed by atoms with E-state index in [4.69, 9.17) is 27.9 Å². The molecule has 5 atom stereocenters. The molecular formula is C26H24Cl2N2O3S2. The molecule has 2 aromatic carbocycles. The molecule has 9 heteroatoms. The van der Waals surface area contributed by atoms with Crippen LogP contribution in [0.5, 0.6) is 5.75 Å². The van der Waals surface area contributed by atoms with Gasteiger partial charge in [0, 0.05) is 21.7 Å². The third kappa shape index (κ3) is 4.10. The number of thiazole rings is 1. The number of halogens is 2. The molecule has 2 bridgehead atoms. The highest BCUT2D eigenvalue weighted by Crippen LogP contribution is 2.64. The van der Waals surface area contributed by atoms with Crippen molar-refractivity contribution in [2.75, 3.05) is 12.4 Å². The average Bonchev–Trinajstić information content (AvgIpc) is 3.55. The smallest absolute Gasteiger partial charge is 0.308 e. The Bertz CT molecular complexity index is 1350. The van der Waals surface area contributed by atoms with Crippen LogP contribution in [0.3, 0.4) is 0 Å². The molecule has 0 radical (unpaired) electrons. The number of anilines is 1. The highest BCUT2D eigenvalue weighted by atomic mass is 35.5. The quantitative estimate of drug-likeness (QED) is 0.395. The number of amides is 1. The lowest BCUT2D eigenvalue weighted by Gasteiger charge is -2.40. The van der Waals surface area contributed by atoms with Crippen LogP contribution in [-0.2, 0) is 11.3 Å². The van der Waals surface area contributed by atoms with Crippen molar-refractivity contribution in [3.05, 3.63) is 72.6 Å². The Morgan fingerprint density at radius 1 is 1.11 bits per heavy atom. The molecule has 2 saturated carbocycles. The number of nitrogens with one attached hydrogen (secondary N) is 1. The van der Waals surface area contributed by atoms with Gasteiger partial charge in [-0.15, -0.1) is 11.8 Å². The van der Waals surface area contributed by atoms with Crippen molar-refractivity contribution in [1.82, 2.24) is 4.57 Å². The summed E-state index contributed by atoms with van der Waals surface area (Å²) in [5, 5.41) is 5.08. The predicted octanol–water partition coefficient (Wildman–Crippen LogP) is 6.52. The first-order valence-corrected chi connectivity index (χ1v) is 14.2. The van der Waals surface area contributed by atoms with Gasteiger partial charge in [0.15, 0.2) is 0 Å². The molecule has 1 aromatic heterocycles. The zero-order valence-electron chi connectivity index (χ0n) is 19.0. The number of carbonyl (C=O) groups excluding carboxylic acids is 1. The number of hydrogen-bond donors (Lipinski definition) is 1. The summed E-state index contributed by atoms with van der Waals surface area (Å²) in [6.07, 6.45) is 3.80. The van der Waals surface area contributed by atoms with Crippen LogP contribution in [0.2, 0.25) is 10.0 Å². The van der Waals surface area contributed by atoms with Crippen LogP contribution < -0.4 is 14.9 Å². The Labute approximate surface area is 221 Å². The van der Waals surface area contributed by atoms with Gasteiger partial charge in [0.25, 0.3) is 0 Å². The summed E-state index contributed by atoms with van der Waals surface area (Å²) in [5.74, 6) is 2.64. The zero-order valence-corrected chi connectivity index (χ0v) is 22.1. The maximum absolute atomic E-state index is 13.2. The number of benzene rings is 2. The number of hydrogen-bond acceptors (Lipinski definition) is 5. The van der Waals surface area contributed by atoms with E-state index in [0.717, 1.165) is 15.7 Å². The molecule has 3 aromatic rings. The highest BCUT2D eigenvalue weighted by Gasteiger charge is 2.55. The van der Waals surface area contributed by atoms with Crippen LogP contribution in [0.15, 0.2) is 52.3 Å². The second-order valence-corrected chi connectivity index (χ2v) is 12.5. The molecule has 1 N–H and O–H groups in total. The summed E-state index contributed by atoms with van der Waals surface area (Å²) in [6, 6.07) is 13.2. The maximum Gasteiger partial charge on any atom is 0.308 e. The number of aromatic nitrogens is 1. The molecule has 3 aliphatic rings. The number of nitrogens with zero attached hydrogens (tertiary/aromatic N) is 1. The second-order valence-electron chi connectivity index (χ2n) is 9.54. The minimum Gasteiger partial charge on any atom is -0.497 e. The summed E-state index contributed by atoms with van der Waals surface area (Å²) in [7, 11) is 1.67. The highest BCUT2D eigenvalue weighted by molar-refractivity contribution is 8.00. The van der Waals surface area contributed by atoms with Crippen LogP contribution >= 0.6 is 46.3 Å². The van der Waals surface area contributed by atoms with Gasteiger partial charge in [0.2, 0.25) is 5.91 Å². The lowest BCUT2D eigenvalue weighted by atomic mass is 9.75. The summed E-state index contributed by atoms with van der Waals surface area (Å²) in [5.41, 5.74) is 1.78. The minimum atomic E-state index is -0.261. The van der Waals surface area contributed by atoms with E-state index in [1.165, 1.54) is 36.2 Å². The average molecular weight is 548 g/mol. The third-order valence-electron chi connectivity index (χ3n) is 7.67. The number of rotatable bonds is 5. The van der Waals surface area contributed by atoms with Crippen molar-refractivity contribution in [3.63, 3.8) is 0 Å². The predicted molar refractivity (Wildman–Crippen MR) is 142 cm³/mol. The van der Waals surface area contributed by atoms with Gasteiger partial charge < -0.3 is 10.1 Å². The summed E-state index contributed by atoms with van der Waals surface area (Å²) in [6.45, 7) is -0.0290. The summed E-state index contributed by atoms with van der Waals surface area (Å²) < 4.78 is 7.04. The van der Waals surface area contributed by atoms with Gasteiger partial charge in [0.1, 0.15) is 12.3 Å². The van der Waals surface area contributed by atoms with Gasteiger partial charge >= 0.3 is 4.87 Å². The van der Waals surface area contributed by atoms with E-state index in [0.29, 0.717) is 38.7 Å². The van der Waals surface area contributed by atoms with Crippen molar-refractivity contribution in [2.45, 2.75) is 42.0 Å². The third-order valence-corrected chi connectivity index (χ3v) is 11.2. The summed E-state index contributed by atoms with van der Waals surface area (Å²) >= 11 is 15.2. The van der Waals surface area contributed by atoms with Crippen LogP contribution in [0.4, 0.5) is 5.69 Å². The first-order chi connectivity index (χ1) is 16.9. The first-order valence-electron chi connectivity index (χ1n) is 11.7. The summed E-state index contributed by atoms with van der Waals surface area (Å²) in [4.78, 5) is 27.1. The van der Waals surface area contributed by atoms with Crippen molar-refractivity contribution < 1.29 is 9.53 Å². The molecule has 35 heavy (non-hydrogen) atoms. The van der Waals surface area contributed by atoms with Crippen molar-refractivity contribution in [3.8, 4) is 5.75 Å². The number of methoxy groups -OCH3 is 1. The van der Waals surface area contributed by atoms with Gasteiger partial charge in [-0.3, -0.25) is 14.2 Å². The molecule has 1 aliphatic heterocycles. The van der Waals surface area contributed by atoms with E-state index in [2.05, 4.69) is 17.4 Å². The van der Waals surface area contributed by atoms with Crippen LogP contribution in [0, 0.1) is 17.8 Å².